The number of aromatic nitrogens is 2. The molecule has 1 aromatic heterocycles. The Kier molecular flexibility index (Phi) is 6.70. The molecular weight excluding hydrogens is 478 g/mol. The highest BCUT2D eigenvalue weighted by Crippen LogP contribution is 2.49. The number of hydrogen-bond donors (Lipinski definition) is 0. The number of piperidine rings is 1. The van der Waals surface area contributed by atoms with Crippen molar-refractivity contribution in [2.45, 2.75) is 75.3 Å². The summed E-state index contributed by atoms with van der Waals surface area (Å²) < 4.78 is 1.80. The third-order valence-electron chi connectivity index (χ3n) is 8.49. The van der Waals surface area contributed by atoms with Gasteiger partial charge in [0, 0.05) is 24.1 Å². The minimum atomic E-state index is -0.162. The van der Waals surface area contributed by atoms with Gasteiger partial charge in [0.15, 0.2) is 5.16 Å². The number of rotatable bonds is 4. The first-order valence-corrected chi connectivity index (χ1v) is 14.8. The lowest BCUT2D eigenvalue weighted by molar-refractivity contribution is -0.129. The predicted molar refractivity (Wildman–Crippen MR) is 150 cm³/mol. The number of fused-ring (bicyclic) bond motifs is 4. The van der Waals surface area contributed by atoms with E-state index < -0.39 is 0 Å². The smallest absolute Gasteiger partial charge is 0.263 e. The van der Waals surface area contributed by atoms with Crippen LogP contribution in [0.2, 0.25) is 0 Å². The molecule has 1 aliphatic heterocycles. The Morgan fingerprint density at radius 1 is 0.973 bits per heavy atom. The summed E-state index contributed by atoms with van der Waals surface area (Å²) >= 11 is 1.41. The summed E-state index contributed by atoms with van der Waals surface area (Å²) in [5.74, 6) is 0.431. The Morgan fingerprint density at radius 3 is 2.51 bits per heavy atom. The second kappa shape index (κ2) is 10.1. The van der Waals surface area contributed by atoms with Gasteiger partial charge >= 0.3 is 0 Å². The summed E-state index contributed by atoms with van der Waals surface area (Å²) in [4.78, 5) is 34.9. The van der Waals surface area contributed by atoms with Crippen molar-refractivity contribution in [1.29, 1.82) is 0 Å². The molecule has 37 heavy (non-hydrogen) atoms. The van der Waals surface area contributed by atoms with Gasteiger partial charge in [0.2, 0.25) is 5.91 Å². The maximum Gasteiger partial charge on any atom is 0.263 e. The molecule has 3 aromatic rings. The standard InChI is InChI=1S/C31H35N3O2S/c1-22-11-10-13-24(19-22)34-29(36)27-28(32-30(34)37-21-26(35)33-17-8-3-9-18-33)25-14-5-4-12-23(25)20-31(27)15-6-2-7-16-31/h4-5,10-14,19H,2-3,6-9,15-18,20-21H2,1H3. The molecule has 2 aromatic carbocycles. The van der Waals surface area contributed by atoms with E-state index in [-0.39, 0.29) is 16.9 Å². The van der Waals surface area contributed by atoms with E-state index >= 15 is 0 Å². The number of nitrogens with zero attached hydrogens (tertiary/aromatic N) is 3. The van der Waals surface area contributed by atoms with Gasteiger partial charge in [0.25, 0.3) is 5.56 Å². The van der Waals surface area contributed by atoms with Crippen molar-refractivity contribution < 1.29 is 4.79 Å². The quantitative estimate of drug-likeness (QED) is 0.314. The van der Waals surface area contributed by atoms with Gasteiger partial charge in [-0.2, -0.15) is 0 Å². The molecule has 1 saturated heterocycles. The monoisotopic (exact) mass is 513 g/mol. The Balaban J connectivity index is 1.51. The van der Waals surface area contributed by atoms with E-state index in [9.17, 15) is 9.59 Å². The molecular formula is C31H35N3O2S. The van der Waals surface area contributed by atoms with Crippen molar-refractivity contribution in [3.8, 4) is 16.9 Å². The molecule has 6 rings (SSSR count). The van der Waals surface area contributed by atoms with Gasteiger partial charge in [0.1, 0.15) is 0 Å². The van der Waals surface area contributed by atoms with Crippen molar-refractivity contribution in [2.24, 2.45) is 0 Å². The molecule has 5 nitrogen and oxygen atoms in total. The Labute approximate surface area is 223 Å². The first-order valence-electron chi connectivity index (χ1n) is 13.8. The zero-order valence-electron chi connectivity index (χ0n) is 21.7. The van der Waals surface area contributed by atoms with Crippen LogP contribution in [0.5, 0.6) is 0 Å². The Hall–Kier alpha value is -2.86. The highest BCUT2D eigenvalue weighted by atomic mass is 32.2. The van der Waals surface area contributed by atoms with Gasteiger partial charge in [-0.3, -0.25) is 14.2 Å². The molecule has 192 valence electrons. The van der Waals surface area contributed by atoms with E-state index in [1.54, 1.807) is 4.57 Å². The maximum atomic E-state index is 14.6. The fraction of sp³-hybridized carbons (Fsp3) is 0.452. The summed E-state index contributed by atoms with van der Waals surface area (Å²) in [6.07, 6.45) is 9.81. The minimum Gasteiger partial charge on any atom is -0.342 e. The number of carbonyl (C=O) groups is 1. The van der Waals surface area contributed by atoms with Gasteiger partial charge in [-0.05, 0) is 68.7 Å². The van der Waals surface area contributed by atoms with Crippen molar-refractivity contribution in [1.82, 2.24) is 14.5 Å². The molecule has 1 amide bonds. The van der Waals surface area contributed by atoms with Gasteiger partial charge in [-0.1, -0.05) is 67.4 Å². The highest BCUT2D eigenvalue weighted by Gasteiger charge is 2.43. The number of aryl methyl sites for hydroxylation is 1. The van der Waals surface area contributed by atoms with Gasteiger partial charge in [-0.25, -0.2) is 4.98 Å². The topological polar surface area (TPSA) is 55.2 Å². The van der Waals surface area contributed by atoms with Crippen molar-refractivity contribution in [2.75, 3.05) is 18.8 Å². The maximum absolute atomic E-state index is 14.6. The molecule has 0 atom stereocenters. The predicted octanol–water partition coefficient (Wildman–Crippen LogP) is 6.07. The number of thioether (sulfide) groups is 1. The average Bonchev–Trinajstić information content (AvgIpc) is 2.92. The molecule has 2 heterocycles. The Morgan fingerprint density at radius 2 is 1.73 bits per heavy atom. The first kappa shape index (κ1) is 24.5. The summed E-state index contributed by atoms with van der Waals surface area (Å²) in [5, 5.41) is 0.613. The highest BCUT2D eigenvalue weighted by molar-refractivity contribution is 7.99. The number of hydrogen-bond acceptors (Lipinski definition) is 4. The van der Waals surface area contributed by atoms with Gasteiger partial charge in [0.05, 0.1) is 22.7 Å². The molecule has 0 bridgehead atoms. The number of amides is 1. The fourth-order valence-corrected chi connectivity index (χ4v) is 7.55. The molecule has 1 spiro atoms. The second-order valence-electron chi connectivity index (χ2n) is 11.0. The molecule has 2 aliphatic carbocycles. The van der Waals surface area contributed by atoms with Crippen molar-refractivity contribution in [3.63, 3.8) is 0 Å². The van der Waals surface area contributed by atoms with Crippen LogP contribution in [0, 0.1) is 6.92 Å². The van der Waals surface area contributed by atoms with Crippen LogP contribution in [0.1, 0.15) is 68.1 Å². The van der Waals surface area contributed by atoms with Crippen LogP contribution in [0.4, 0.5) is 0 Å². The summed E-state index contributed by atoms with van der Waals surface area (Å²) in [6.45, 7) is 3.71. The first-order chi connectivity index (χ1) is 18.1. The second-order valence-corrected chi connectivity index (χ2v) is 11.9. The minimum absolute atomic E-state index is 0.0416. The van der Waals surface area contributed by atoms with E-state index in [2.05, 4.69) is 24.3 Å². The van der Waals surface area contributed by atoms with E-state index in [1.165, 1.54) is 30.2 Å². The normalized spacial score (nSPS) is 18.4. The van der Waals surface area contributed by atoms with E-state index in [1.807, 2.05) is 36.1 Å². The zero-order chi connectivity index (χ0) is 25.4. The number of carbonyl (C=O) groups excluding carboxylic acids is 1. The van der Waals surface area contributed by atoms with E-state index in [4.69, 9.17) is 4.98 Å². The van der Waals surface area contributed by atoms with E-state index in [0.29, 0.717) is 10.9 Å². The summed E-state index contributed by atoms with van der Waals surface area (Å²) in [6, 6.07) is 16.5. The van der Waals surface area contributed by atoms with E-state index in [0.717, 1.165) is 86.1 Å². The lowest BCUT2D eigenvalue weighted by Gasteiger charge is -2.42. The molecule has 1 saturated carbocycles. The summed E-state index contributed by atoms with van der Waals surface area (Å²) in [7, 11) is 0. The van der Waals surface area contributed by atoms with Crippen LogP contribution in [0.3, 0.4) is 0 Å². The lowest BCUT2D eigenvalue weighted by Crippen LogP contribution is -2.43. The molecule has 2 fully saturated rings. The number of benzene rings is 2. The van der Waals surface area contributed by atoms with Crippen LogP contribution >= 0.6 is 11.8 Å². The van der Waals surface area contributed by atoms with Gasteiger partial charge < -0.3 is 4.90 Å². The SMILES string of the molecule is Cc1cccc(-n2c(SCC(=O)N3CCCCC3)nc3c(c2=O)C2(CCCCC2)Cc2ccccc2-3)c1. The van der Waals surface area contributed by atoms with Crippen LogP contribution in [-0.4, -0.2) is 39.2 Å². The third-order valence-corrected chi connectivity index (χ3v) is 9.41. The Bertz CT molecular complexity index is 1380. The van der Waals surface area contributed by atoms with Crippen LogP contribution in [0.15, 0.2) is 58.5 Å². The van der Waals surface area contributed by atoms with Crippen LogP contribution in [0.25, 0.3) is 16.9 Å². The third kappa shape index (κ3) is 4.54. The molecule has 0 unspecified atom stereocenters. The molecule has 0 radical (unpaired) electrons. The molecule has 3 aliphatic rings. The number of likely N-dealkylation sites (tertiary alicyclic amines) is 1. The average molecular weight is 514 g/mol. The zero-order valence-corrected chi connectivity index (χ0v) is 22.5. The largest absolute Gasteiger partial charge is 0.342 e. The van der Waals surface area contributed by atoms with Crippen molar-refractivity contribution in [3.05, 3.63) is 75.6 Å². The van der Waals surface area contributed by atoms with Crippen LogP contribution in [-0.2, 0) is 16.6 Å². The summed E-state index contributed by atoms with van der Waals surface area (Å²) in [5.41, 5.74) is 5.90. The molecule has 0 N–H and O–H groups in total. The van der Waals surface area contributed by atoms with Crippen LogP contribution < -0.4 is 5.56 Å². The molecule has 6 heteroatoms. The lowest BCUT2D eigenvalue weighted by atomic mass is 9.62. The fourth-order valence-electron chi connectivity index (χ4n) is 6.64. The van der Waals surface area contributed by atoms with Crippen molar-refractivity contribution >= 4 is 17.7 Å². The van der Waals surface area contributed by atoms with Gasteiger partial charge in [-0.15, -0.1) is 0 Å².